The lowest BCUT2D eigenvalue weighted by Crippen LogP contribution is -2.08. The number of hydrogen-bond acceptors (Lipinski definition) is 5. The van der Waals surface area contributed by atoms with Crippen molar-refractivity contribution in [3.63, 3.8) is 0 Å². The number of aliphatic hydroxyl groups is 1. The number of fused-ring (bicyclic) bond motifs is 1. The minimum atomic E-state index is -4.67. The normalized spacial score (nSPS) is 13.4. The van der Waals surface area contributed by atoms with Gasteiger partial charge in [0.1, 0.15) is 23.2 Å². The summed E-state index contributed by atoms with van der Waals surface area (Å²) < 4.78 is 81.6. The van der Waals surface area contributed by atoms with Crippen LogP contribution in [0.25, 0.3) is 33.9 Å². The van der Waals surface area contributed by atoms with E-state index in [2.05, 4.69) is 25.0 Å². The first-order valence-corrected chi connectivity index (χ1v) is 10.7. The van der Waals surface area contributed by atoms with Crippen LogP contribution in [0.1, 0.15) is 28.5 Å². The molecule has 8 nitrogen and oxygen atoms in total. The van der Waals surface area contributed by atoms with E-state index in [0.29, 0.717) is 22.8 Å². The van der Waals surface area contributed by atoms with Crippen LogP contribution >= 0.6 is 0 Å². The molecule has 0 spiro atoms. The van der Waals surface area contributed by atoms with Crippen molar-refractivity contribution in [1.29, 1.82) is 0 Å². The van der Waals surface area contributed by atoms with Crippen molar-refractivity contribution in [3.8, 4) is 22.9 Å². The lowest BCUT2D eigenvalue weighted by atomic mass is 10.0. The number of aromatic amines is 1. The van der Waals surface area contributed by atoms with Gasteiger partial charge in [-0.1, -0.05) is 24.3 Å². The Hall–Kier alpha value is -4.20. The maximum Gasteiger partial charge on any atom is 0.434 e. The molecule has 37 heavy (non-hydrogen) atoms. The molecule has 2 N–H and O–H groups in total. The lowest BCUT2D eigenvalue weighted by Gasteiger charge is -2.12. The van der Waals surface area contributed by atoms with E-state index >= 15 is 0 Å². The summed E-state index contributed by atoms with van der Waals surface area (Å²) in [6, 6.07) is 6.07. The number of aryl methyl sites for hydroxylation is 2. The van der Waals surface area contributed by atoms with Gasteiger partial charge < -0.3 is 14.7 Å². The van der Waals surface area contributed by atoms with Crippen molar-refractivity contribution in [2.45, 2.75) is 18.5 Å². The summed E-state index contributed by atoms with van der Waals surface area (Å²) in [5.41, 5.74) is -0.698. The predicted octanol–water partition coefficient (Wildman–Crippen LogP) is 4.88. The molecule has 0 saturated carbocycles. The van der Waals surface area contributed by atoms with Crippen molar-refractivity contribution in [1.82, 2.24) is 34.3 Å². The van der Waals surface area contributed by atoms with Crippen LogP contribution in [0.5, 0.6) is 0 Å². The highest BCUT2D eigenvalue weighted by molar-refractivity contribution is 5.81. The number of rotatable bonds is 4. The molecular formula is C23H17F6N7O. The molecule has 0 aliphatic rings. The Morgan fingerprint density at radius 1 is 0.946 bits per heavy atom. The van der Waals surface area contributed by atoms with Crippen molar-refractivity contribution in [2.24, 2.45) is 14.1 Å². The molecule has 14 heteroatoms. The third-order valence-electron chi connectivity index (χ3n) is 5.85. The molecule has 0 saturated heterocycles. The van der Waals surface area contributed by atoms with Gasteiger partial charge in [0.2, 0.25) is 0 Å². The highest BCUT2D eigenvalue weighted by atomic mass is 19.4. The van der Waals surface area contributed by atoms with Gasteiger partial charge in [0.25, 0.3) is 0 Å². The Morgan fingerprint density at radius 3 is 2.27 bits per heavy atom. The Balaban J connectivity index is 1.50. The van der Waals surface area contributed by atoms with Gasteiger partial charge in [-0.05, 0) is 5.56 Å². The van der Waals surface area contributed by atoms with Gasteiger partial charge in [0.05, 0.1) is 23.4 Å². The van der Waals surface area contributed by atoms with Crippen LogP contribution in [-0.4, -0.2) is 39.4 Å². The third-order valence-corrected chi connectivity index (χ3v) is 5.85. The number of halogens is 6. The van der Waals surface area contributed by atoms with Crippen LogP contribution in [0, 0.1) is 0 Å². The molecule has 192 valence electrons. The van der Waals surface area contributed by atoms with Crippen LogP contribution in [0.2, 0.25) is 0 Å². The number of H-pyrrole nitrogens is 1. The summed E-state index contributed by atoms with van der Waals surface area (Å²) in [6.07, 6.45) is -6.15. The molecule has 4 aromatic heterocycles. The molecule has 0 radical (unpaired) electrons. The third kappa shape index (κ3) is 4.33. The van der Waals surface area contributed by atoms with E-state index in [-0.39, 0.29) is 28.4 Å². The lowest BCUT2D eigenvalue weighted by molar-refractivity contribution is -0.141. The standard InChI is InChI=1S/C23H17F6N7O/c1-35-10-16(23(27,28)29)33-21(35)12-5-3-11(4-6-12)19(37)13-7-30-15-9-31-20(34-17(13)15)18-14(22(24,25)26)8-32-36(18)2/h3-10,19,30,37H,1-2H3. The van der Waals surface area contributed by atoms with Gasteiger partial charge in [-0.25, -0.2) is 15.0 Å². The van der Waals surface area contributed by atoms with Crippen molar-refractivity contribution >= 4 is 11.0 Å². The molecule has 0 bridgehead atoms. The number of aliphatic hydroxyl groups excluding tert-OH is 1. The first-order valence-electron chi connectivity index (χ1n) is 10.7. The summed E-state index contributed by atoms with van der Waals surface area (Å²) in [7, 11) is 2.78. The minimum absolute atomic E-state index is 0.0921. The second-order valence-corrected chi connectivity index (χ2v) is 8.31. The van der Waals surface area contributed by atoms with Gasteiger partial charge in [0, 0.05) is 37.6 Å². The number of benzene rings is 1. The summed E-state index contributed by atoms with van der Waals surface area (Å²) >= 11 is 0. The topological polar surface area (TPSA) is 97.4 Å². The number of alkyl halides is 6. The number of aromatic nitrogens is 7. The smallest absolute Gasteiger partial charge is 0.384 e. The molecule has 0 amide bonds. The Morgan fingerprint density at radius 2 is 1.65 bits per heavy atom. The Kier molecular flexibility index (Phi) is 5.58. The van der Waals surface area contributed by atoms with Crippen LogP contribution < -0.4 is 0 Å². The molecular weight excluding hydrogens is 504 g/mol. The quantitative estimate of drug-likeness (QED) is 0.329. The number of imidazole rings is 1. The van der Waals surface area contributed by atoms with E-state index < -0.39 is 29.7 Å². The molecule has 5 aromatic rings. The Labute approximate surface area is 204 Å². The predicted molar refractivity (Wildman–Crippen MR) is 119 cm³/mol. The first kappa shape index (κ1) is 24.5. The van der Waals surface area contributed by atoms with Crippen LogP contribution in [0.4, 0.5) is 26.3 Å². The largest absolute Gasteiger partial charge is 0.434 e. The van der Waals surface area contributed by atoms with Crippen molar-refractivity contribution in [2.75, 3.05) is 0 Å². The van der Waals surface area contributed by atoms with Crippen LogP contribution in [0.3, 0.4) is 0 Å². The van der Waals surface area contributed by atoms with E-state index in [0.717, 1.165) is 10.9 Å². The van der Waals surface area contributed by atoms with E-state index in [9.17, 15) is 31.4 Å². The molecule has 1 unspecified atom stereocenters. The van der Waals surface area contributed by atoms with Crippen molar-refractivity contribution < 1.29 is 31.4 Å². The molecule has 5 rings (SSSR count). The van der Waals surface area contributed by atoms with Gasteiger partial charge in [-0.15, -0.1) is 0 Å². The van der Waals surface area contributed by atoms with Crippen molar-refractivity contribution in [3.05, 3.63) is 71.4 Å². The fraction of sp³-hybridized carbons (Fsp3) is 0.217. The SMILES string of the molecule is Cn1cc(C(F)(F)F)nc1-c1ccc(C(O)c2c[nH]c3cnc(-c4c(C(F)(F)F)cnn4C)nc23)cc1. The summed E-state index contributed by atoms with van der Waals surface area (Å²) in [5.74, 6) is -0.132. The van der Waals surface area contributed by atoms with Gasteiger partial charge in [-0.3, -0.25) is 4.68 Å². The second-order valence-electron chi connectivity index (χ2n) is 8.31. The van der Waals surface area contributed by atoms with Crippen LogP contribution in [0.15, 0.2) is 49.1 Å². The van der Waals surface area contributed by atoms with E-state index in [1.165, 1.54) is 55.3 Å². The molecule has 4 heterocycles. The highest BCUT2D eigenvalue weighted by Crippen LogP contribution is 2.37. The maximum atomic E-state index is 13.5. The first-order chi connectivity index (χ1) is 17.3. The van der Waals surface area contributed by atoms with E-state index in [4.69, 9.17) is 0 Å². The highest BCUT2D eigenvalue weighted by Gasteiger charge is 2.37. The van der Waals surface area contributed by atoms with Gasteiger partial charge in [-0.2, -0.15) is 31.4 Å². The Bertz CT molecular complexity index is 1590. The fourth-order valence-electron chi connectivity index (χ4n) is 4.03. The maximum absolute atomic E-state index is 13.5. The summed E-state index contributed by atoms with van der Waals surface area (Å²) in [6.45, 7) is 0. The van der Waals surface area contributed by atoms with E-state index in [1.807, 2.05) is 0 Å². The number of nitrogens with one attached hydrogen (secondary N) is 1. The molecule has 0 aliphatic carbocycles. The molecule has 1 aromatic carbocycles. The zero-order valence-corrected chi connectivity index (χ0v) is 19.1. The zero-order chi connectivity index (χ0) is 26.7. The minimum Gasteiger partial charge on any atom is -0.384 e. The average molecular weight is 521 g/mol. The molecule has 0 fully saturated rings. The number of nitrogens with zero attached hydrogens (tertiary/aromatic N) is 6. The van der Waals surface area contributed by atoms with Gasteiger partial charge in [0.15, 0.2) is 11.5 Å². The van der Waals surface area contributed by atoms with Gasteiger partial charge >= 0.3 is 12.4 Å². The summed E-state index contributed by atoms with van der Waals surface area (Å²) in [4.78, 5) is 14.8. The fourth-order valence-corrected chi connectivity index (χ4v) is 4.03. The molecule has 1 atom stereocenters. The zero-order valence-electron chi connectivity index (χ0n) is 19.1. The average Bonchev–Trinajstić information content (AvgIpc) is 3.54. The molecule has 0 aliphatic heterocycles. The second kappa shape index (κ2) is 8.44. The number of hydrogen-bond donors (Lipinski definition) is 2. The monoisotopic (exact) mass is 521 g/mol. The summed E-state index contributed by atoms with van der Waals surface area (Å²) in [5, 5.41) is 14.7. The van der Waals surface area contributed by atoms with E-state index in [1.54, 1.807) is 0 Å². The van der Waals surface area contributed by atoms with Crippen LogP contribution in [-0.2, 0) is 26.4 Å².